The second-order valence-corrected chi connectivity index (χ2v) is 4.28. The van der Waals surface area contributed by atoms with Gasteiger partial charge in [0.25, 0.3) is 5.24 Å². The lowest BCUT2D eigenvalue weighted by molar-refractivity contribution is 0.0991. The Bertz CT molecular complexity index is 559. The van der Waals surface area contributed by atoms with Gasteiger partial charge in [-0.1, -0.05) is 42.5 Å². The van der Waals surface area contributed by atoms with Gasteiger partial charge in [0, 0.05) is 17.5 Å². The number of hydrogen-bond acceptors (Lipinski definition) is 2. The van der Waals surface area contributed by atoms with Crippen LogP contribution in [0.1, 0.15) is 26.3 Å². The predicted octanol–water partition coefficient (Wildman–Crippen LogP) is 3.49. The molecule has 0 amide bonds. The van der Waals surface area contributed by atoms with E-state index in [-0.39, 0.29) is 5.78 Å². The maximum absolute atomic E-state index is 12.0. The third-order valence-corrected chi connectivity index (χ3v) is 2.86. The minimum atomic E-state index is -0.517. The van der Waals surface area contributed by atoms with Gasteiger partial charge >= 0.3 is 0 Å². The van der Waals surface area contributed by atoms with Crippen molar-refractivity contribution < 1.29 is 9.59 Å². The molecule has 0 radical (unpaired) electrons. The van der Waals surface area contributed by atoms with Gasteiger partial charge in [0.2, 0.25) is 0 Å². The molecular formula is C15H11ClO2. The lowest BCUT2D eigenvalue weighted by Crippen LogP contribution is -2.03. The van der Waals surface area contributed by atoms with Gasteiger partial charge < -0.3 is 0 Å². The molecule has 0 fully saturated rings. The molecule has 90 valence electrons. The zero-order chi connectivity index (χ0) is 13.0. The molecule has 0 bridgehead atoms. The average Bonchev–Trinajstić information content (AvgIpc) is 2.40. The summed E-state index contributed by atoms with van der Waals surface area (Å²) in [6.07, 6.45) is 0.356. The fraction of sp³-hybridized carbons (Fsp3) is 0.0667. The largest absolute Gasteiger partial charge is 0.294 e. The molecule has 0 saturated heterocycles. The first-order valence-electron chi connectivity index (χ1n) is 5.54. The molecule has 0 spiro atoms. The summed E-state index contributed by atoms with van der Waals surface area (Å²) in [6.45, 7) is 0. The van der Waals surface area contributed by atoms with Crippen molar-refractivity contribution >= 4 is 22.6 Å². The third-order valence-electron chi connectivity index (χ3n) is 2.64. The highest BCUT2D eigenvalue weighted by molar-refractivity contribution is 6.67. The van der Waals surface area contributed by atoms with Gasteiger partial charge in [0.15, 0.2) is 5.78 Å². The maximum Gasteiger partial charge on any atom is 0.252 e. The predicted molar refractivity (Wildman–Crippen MR) is 71.1 cm³/mol. The molecule has 0 aliphatic heterocycles. The number of rotatable bonds is 4. The first kappa shape index (κ1) is 12.5. The first-order valence-corrected chi connectivity index (χ1v) is 5.91. The fourth-order valence-corrected chi connectivity index (χ4v) is 1.80. The van der Waals surface area contributed by atoms with E-state index in [2.05, 4.69) is 0 Å². The molecular weight excluding hydrogens is 248 g/mol. The van der Waals surface area contributed by atoms with Crippen molar-refractivity contribution in [2.45, 2.75) is 6.42 Å². The SMILES string of the molecule is O=C(Cl)c1ccc(C(=O)Cc2ccccc2)cc1. The smallest absolute Gasteiger partial charge is 0.252 e. The highest BCUT2D eigenvalue weighted by atomic mass is 35.5. The minimum absolute atomic E-state index is 0.0229. The van der Waals surface area contributed by atoms with Gasteiger partial charge in [-0.3, -0.25) is 9.59 Å². The van der Waals surface area contributed by atoms with Crippen molar-refractivity contribution in [1.82, 2.24) is 0 Å². The van der Waals surface area contributed by atoms with Gasteiger partial charge in [-0.25, -0.2) is 0 Å². The molecule has 0 aliphatic rings. The zero-order valence-electron chi connectivity index (χ0n) is 9.60. The van der Waals surface area contributed by atoms with Crippen LogP contribution in [0.3, 0.4) is 0 Å². The van der Waals surface area contributed by atoms with Crippen LogP contribution in [0.5, 0.6) is 0 Å². The molecule has 0 aromatic heterocycles. The maximum atomic E-state index is 12.0. The standard InChI is InChI=1S/C15H11ClO2/c16-15(18)13-8-6-12(7-9-13)14(17)10-11-4-2-1-3-5-11/h1-9H,10H2. The van der Waals surface area contributed by atoms with Crippen molar-refractivity contribution in [3.8, 4) is 0 Å². The van der Waals surface area contributed by atoms with Gasteiger partial charge in [-0.2, -0.15) is 0 Å². The quantitative estimate of drug-likeness (QED) is 0.621. The second-order valence-electron chi connectivity index (χ2n) is 3.94. The van der Waals surface area contributed by atoms with E-state index in [1.54, 1.807) is 24.3 Å². The number of halogens is 1. The van der Waals surface area contributed by atoms with Crippen molar-refractivity contribution in [3.63, 3.8) is 0 Å². The van der Waals surface area contributed by atoms with Crippen LogP contribution in [0.15, 0.2) is 54.6 Å². The zero-order valence-corrected chi connectivity index (χ0v) is 10.4. The van der Waals surface area contributed by atoms with Gasteiger partial charge in [0.05, 0.1) is 0 Å². The Balaban J connectivity index is 2.12. The molecule has 18 heavy (non-hydrogen) atoms. The van der Waals surface area contributed by atoms with E-state index in [4.69, 9.17) is 11.6 Å². The van der Waals surface area contributed by atoms with Gasteiger partial charge in [0.1, 0.15) is 0 Å². The summed E-state index contributed by atoms with van der Waals surface area (Å²) in [5, 5.41) is -0.517. The average molecular weight is 259 g/mol. The number of ketones is 1. The van der Waals surface area contributed by atoms with Crippen LogP contribution in [-0.4, -0.2) is 11.0 Å². The van der Waals surface area contributed by atoms with E-state index in [0.717, 1.165) is 5.56 Å². The molecule has 2 aromatic rings. The van der Waals surface area contributed by atoms with Gasteiger partial charge in [-0.15, -0.1) is 0 Å². The third kappa shape index (κ3) is 3.05. The number of carbonyl (C=O) groups is 2. The Kier molecular flexibility index (Phi) is 3.90. The highest BCUT2D eigenvalue weighted by Gasteiger charge is 2.08. The molecule has 0 atom stereocenters. The Morgan fingerprint density at radius 3 is 1.94 bits per heavy atom. The topological polar surface area (TPSA) is 34.1 Å². The Hall–Kier alpha value is -1.93. The number of hydrogen-bond donors (Lipinski definition) is 0. The van der Waals surface area contributed by atoms with Crippen molar-refractivity contribution in [2.24, 2.45) is 0 Å². The van der Waals surface area contributed by atoms with Crippen LogP contribution >= 0.6 is 11.6 Å². The molecule has 0 saturated carbocycles. The Labute approximate surface area is 110 Å². The summed E-state index contributed by atoms with van der Waals surface area (Å²) in [5.41, 5.74) is 1.95. The van der Waals surface area contributed by atoms with E-state index < -0.39 is 5.24 Å². The molecule has 2 nitrogen and oxygen atoms in total. The first-order chi connectivity index (χ1) is 8.66. The number of benzene rings is 2. The Morgan fingerprint density at radius 1 is 0.833 bits per heavy atom. The highest BCUT2D eigenvalue weighted by Crippen LogP contribution is 2.10. The van der Waals surface area contributed by atoms with Crippen LogP contribution in [0.25, 0.3) is 0 Å². The van der Waals surface area contributed by atoms with Crippen LogP contribution < -0.4 is 0 Å². The summed E-state index contributed by atoms with van der Waals surface area (Å²) in [7, 11) is 0. The molecule has 2 rings (SSSR count). The van der Waals surface area contributed by atoms with Gasteiger partial charge in [-0.05, 0) is 29.3 Å². The summed E-state index contributed by atoms with van der Waals surface area (Å²) in [5.74, 6) is 0.0229. The van der Waals surface area contributed by atoms with Crippen molar-refractivity contribution in [3.05, 3.63) is 71.3 Å². The summed E-state index contributed by atoms with van der Waals surface area (Å²) in [4.78, 5) is 22.9. The van der Waals surface area contributed by atoms with Crippen LogP contribution in [0.4, 0.5) is 0 Å². The second kappa shape index (κ2) is 5.61. The minimum Gasteiger partial charge on any atom is -0.294 e. The van der Waals surface area contributed by atoms with E-state index in [0.29, 0.717) is 17.5 Å². The lowest BCUT2D eigenvalue weighted by Gasteiger charge is -2.02. The summed E-state index contributed by atoms with van der Waals surface area (Å²) in [6, 6.07) is 15.9. The molecule has 0 heterocycles. The monoisotopic (exact) mass is 258 g/mol. The summed E-state index contributed by atoms with van der Waals surface area (Å²) >= 11 is 5.34. The van der Waals surface area contributed by atoms with E-state index >= 15 is 0 Å². The normalized spacial score (nSPS) is 10.1. The molecule has 0 unspecified atom stereocenters. The van der Waals surface area contributed by atoms with Crippen molar-refractivity contribution in [1.29, 1.82) is 0 Å². The Morgan fingerprint density at radius 2 is 1.39 bits per heavy atom. The van der Waals surface area contributed by atoms with E-state index in [1.807, 2.05) is 30.3 Å². The molecule has 0 aliphatic carbocycles. The number of Topliss-reactive ketones (excluding diaryl/α,β-unsaturated/α-hetero) is 1. The number of carbonyl (C=O) groups excluding carboxylic acids is 2. The van der Waals surface area contributed by atoms with Crippen LogP contribution in [0.2, 0.25) is 0 Å². The van der Waals surface area contributed by atoms with Crippen LogP contribution in [0, 0.1) is 0 Å². The summed E-state index contributed by atoms with van der Waals surface area (Å²) < 4.78 is 0. The van der Waals surface area contributed by atoms with Crippen LogP contribution in [-0.2, 0) is 6.42 Å². The lowest BCUT2D eigenvalue weighted by atomic mass is 10.0. The van der Waals surface area contributed by atoms with Crippen molar-refractivity contribution in [2.75, 3.05) is 0 Å². The molecule has 0 N–H and O–H groups in total. The molecule has 3 heteroatoms. The fourth-order valence-electron chi connectivity index (χ4n) is 1.67. The van der Waals surface area contributed by atoms with E-state index in [9.17, 15) is 9.59 Å². The van der Waals surface area contributed by atoms with E-state index in [1.165, 1.54) is 0 Å². The molecule has 2 aromatic carbocycles.